The summed E-state index contributed by atoms with van der Waals surface area (Å²) >= 11 is 0. The van der Waals surface area contributed by atoms with Gasteiger partial charge in [-0.1, -0.05) is 0 Å². The van der Waals surface area contributed by atoms with Gasteiger partial charge in [-0.3, -0.25) is 4.90 Å². The van der Waals surface area contributed by atoms with Crippen LogP contribution in [0.3, 0.4) is 0 Å². The molecule has 1 rings (SSSR count). The maximum absolute atomic E-state index is 13.7. The molecule has 0 saturated carbocycles. The first-order chi connectivity index (χ1) is 7.47. The SMILES string of the molecule is Cc1cc(F)c(C(C)N(C)CCN)cc1F. The lowest BCUT2D eigenvalue weighted by molar-refractivity contribution is 0.262. The molecule has 2 nitrogen and oxygen atoms in total. The minimum absolute atomic E-state index is 0.182. The van der Waals surface area contributed by atoms with Crippen molar-refractivity contribution in [1.82, 2.24) is 4.90 Å². The third kappa shape index (κ3) is 2.77. The molecule has 0 spiro atoms. The quantitative estimate of drug-likeness (QED) is 0.856. The highest BCUT2D eigenvalue weighted by Gasteiger charge is 2.17. The molecule has 0 bridgehead atoms. The highest BCUT2D eigenvalue weighted by atomic mass is 19.1. The Morgan fingerprint density at radius 2 is 1.94 bits per heavy atom. The molecule has 0 saturated heterocycles. The van der Waals surface area contributed by atoms with Gasteiger partial charge in [-0.15, -0.1) is 0 Å². The summed E-state index contributed by atoms with van der Waals surface area (Å²) in [4.78, 5) is 1.90. The zero-order valence-corrected chi connectivity index (χ0v) is 9.93. The summed E-state index contributed by atoms with van der Waals surface area (Å²) in [5, 5.41) is 0. The molecule has 1 aromatic carbocycles. The minimum atomic E-state index is -0.371. The van der Waals surface area contributed by atoms with Crippen LogP contribution in [0.1, 0.15) is 24.1 Å². The van der Waals surface area contributed by atoms with E-state index in [1.54, 1.807) is 6.92 Å². The van der Waals surface area contributed by atoms with Crippen LogP contribution in [0.25, 0.3) is 0 Å². The average molecular weight is 228 g/mol. The number of likely N-dealkylation sites (N-methyl/N-ethyl adjacent to an activating group) is 1. The topological polar surface area (TPSA) is 29.3 Å². The van der Waals surface area contributed by atoms with Crippen LogP contribution < -0.4 is 5.73 Å². The van der Waals surface area contributed by atoms with Crippen LogP contribution in [0.4, 0.5) is 8.78 Å². The predicted molar refractivity (Wildman–Crippen MR) is 61.2 cm³/mol. The number of hydrogen-bond acceptors (Lipinski definition) is 2. The highest BCUT2D eigenvalue weighted by Crippen LogP contribution is 2.24. The van der Waals surface area contributed by atoms with Gasteiger partial charge >= 0.3 is 0 Å². The van der Waals surface area contributed by atoms with Crippen LogP contribution in [0.2, 0.25) is 0 Å². The lowest BCUT2D eigenvalue weighted by Gasteiger charge is -2.25. The molecular weight excluding hydrogens is 210 g/mol. The van der Waals surface area contributed by atoms with Crippen molar-refractivity contribution in [2.75, 3.05) is 20.1 Å². The van der Waals surface area contributed by atoms with Crippen molar-refractivity contribution < 1.29 is 8.78 Å². The smallest absolute Gasteiger partial charge is 0.128 e. The van der Waals surface area contributed by atoms with Crippen molar-refractivity contribution in [2.24, 2.45) is 5.73 Å². The number of benzene rings is 1. The summed E-state index contributed by atoms with van der Waals surface area (Å²) in [5.74, 6) is -0.736. The van der Waals surface area contributed by atoms with Gasteiger partial charge in [-0.05, 0) is 38.6 Å². The summed E-state index contributed by atoms with van der Waals surface area (Å²) in [6.45, 7) is 4.53. The van der Waals surface area contributed by atoms with E-state index < -0.39 is 0 Å². The van der Waals surface area contributed by atoms with E-state index in [9.17, 15) is 8.78 Å². The number of hydrogen-bond donors (Lipinski definition) is 1. The lowest BCUT2D eigenvalue weighted by atomic mass is 10.0. The zero-order valence-electron chi connectivity index (χ0n) is 9.93. The van der Waals surface area contributed by atoms with E-state index in [2.05, 4.69) is 0 Å². The molecule has 16 heavy (non-hydrogen) atoms. The van der Waals surface area contributed by atoms with Gasteiger partial charge in [-0.25, -0.2) is 8.78 Å². The van der Waals surface area contributed by atoms with E-state index in [1.165, 1.54) is 12.1 Å². The molecule has 0 aliphatic heterocycles. The molecule has 0 radical (unpaired) electrons. The molecule has 2 N–H and O–H groups in total. The Kier molecular flexibility index (Phi) is 4.38. The largest absolute Gasteiger partial charge is 0.329 e. The molecular formula is C12H18F2N2. The van der Waals surface area contributed by atoms with Crippen molar-refractivity contribution in [3.8, 4) is 0 Å². The number of rotatable bonds is 4. The van der Waals surface area contributed by atoms with E-state index >= 15 is 0 Å². The Balaban J connectivity index is 2.99. The molecule has 0 aromatic heterocycles. The van der Waals surface area contributed by atoms with Gasteiger partial charge < -0.3 is 5.73 Å². The van der Waals surface area contributed by atoms with Crippen molar-refractivity contribution in [1.29, 1.82) is 0 Å². The number of nitrogens with two attached hydrogens (primary N) is 1. The third-order valence-corrected chi connectivity index (χ3v) is 2.87. The maximum Gasteiger partial charge on any atom is 0.128 e. The first-order valence-electron chi connectivity index (χ1n) is 5.33. The fraction of sp³-hybridized carbons (Fsp3) is 0.500. The molecule has 0 aliphatic rings. The second-order valence-electron chi connectivity index (χ2n) is 4.07. The van der Waals surface area contributed by atoms with E-state index in [-0.39, 0.29) is 17.7 Å². The highest BCUT2D eigenvalue weighted by molar-refractivity contribution is 5.27. The second kappa shape index (κ2) is 5.37. The van der Waals surface area contributed by atoms with Crippen molar-refractivity contribution >= 4 is 0 Å². The zero-order chi connectivity index (χ0) is 12.3. The molecule has 4 heteroatoms. The van der Waals surface area contributed by atoms with Gasteiger partial charge in [0.25, 0.3) is 0 Å². The normalized spacial score (nSPS) is 13.2. The number of halogens is 2. The number of aryl methyl sites for hydroxylation is 1. The monoisotopic (exact) mass is 228 g/mol. The van der Waals surface area contributed by atoms with Gasteiger partial charge in [0.15, 0.2) is 0 Å². The van der Waals surface area contributed by atoms with Crippen LogP contribution in [-0.2, 0) is 0 Å². The van der Waals surface area contributed by atoms with Crippen molar-refractivity contribution in [3.63, 3.8) is 0 Å². The van der Waals surface area contributed by atoms with E-state index in [0.29, 0.717) is 24.2 Å². The van der Waals surface area contributed by atoms with Crippen LogP contribution in [0.15, 0.2) is 12.1 Å². The first-order valence-corrected chi connectivity index (χ1v) is 5.33. The molecule has 0 fully saturated rings. The Morgan fingerprint density at radius 3 is 2.50 bits per heavy atom. The predicted octanol–water partition coefficient (Wildman–Crippen LogP) is 2.22. The molecule has 90 valence electrons. The Bertz CT molecular complexity index is 366. The lowest BCUT2D eigenvalue weighted by Crippen LogP contribution is -2.28. The van der Waals surface area contributed by atoms with E-state index in [0.717, 1.165) is 0 Å². The van der Waals surface area contributed by atoms with Crippen LogP contribution >= 0.6 is 0 Å². The maximum atomic E-state index is 13.7. The summed E-state index contributed by atoms with van der Waals surface area (Å²) in [6, 6.07) is 2.32. The van der Waals surface area contributed by atoms with Gasteiger partial charge in [0.05, 0.1) is 0 Å². The van der Waals surface area contributed by atoms with Gasteiger partial charge in [0.1, 0.15) is 11.6 Å². The van der Waals surface area contributed by atoms with Crippen LogP contribution in [0, 0.1) is 18.6 Å². The van der Waals surface area contributed by atoms with E-state index in [4.69, 9.17) is 5.73 Å². The summed E-state index contributed by atoms with van der Waals surface area (Å²) in [6.07, 6.45) is 0. The van der Waals surface area contributed by atoms with Crippen LogP contribution in [0.5, 0.6) is 0 Å². The van der Waals surface area contributed by atoms with Gasteiger partial charge in [0.2, 0.25) is 0 Å². The summed E-state index contributed by atoms with van der Waals surface area (Å²) in [5.41, 5.74) is 6.13. The van der Waals surface area contributed by atoms with Crippen molar-refractivity contribution in [2.45, 2.75) is 19.9 Å². The molecule has 1 aromatic rings. The minimum Gasteiger partial charge on any atom is -0.329 e. The molecule has 0 heterocycles. The Labute approximate surface area is 95.1 Å². The summed E-state index contributed by atoms with van der Waals surface area (Å²) < 4.78 is 27.0. The second-order valence-corrected chi connectivity index (χ2v) is 4.07. The number of nitrogens with zero attached hydrogens (tertiary/aromatic N) is 1. The third-order valence-electron chi connectivity index (χ3n) is 2.87. The fourth-order valence-electron chi connectivity index (χ4n) is 1.62. The van der Waals surface area contributed by atoms with Gasteiger partial charge in [-0.2, -0.15) is 0 Å². The van der Waals surface area contributed by atoms with Crippen molar-refractivity contribution in [3.05, 3.63) is 34.9 Å². The molecule has 1 unspecified atom stereocenters. The standard InChI is InChI=1S/C12H18F2N2/c1-8-6-12(14)10(7-11(8)13)9(2)16(3)5-4-15/h6-7,9H,4-5,15H2,1-3H3. The summed E-state index contributed by atoms with van der Waals surface area (Å²) in [7, 11) is 1.84. The average Bonchev–Trinajstić information content (AvgIpc) is 2.23. The molecule has 0 aliphatic carbocycles. The Morgan fingerprint density at radius 1 is 1.31 bits per heavy atom. The van der Waals surface area contributed by atoms with Crippen LogP contribution in [-0.4, -0.2) is 25.0 Å². The Hall–Kier alpha value is -1.00. The molecule has 1 atom stereocenters. The molecule has 0 amide bonds. The fourth-order valence-corrected chi connectivity index (χ4v) is 1.62. The van der Waals surface area contributed by atoms with Gasteiger partial charge in [0, 0.05) is 24.7 Å². The first kappa shape index (κ1) is 13.1. The van der Waals surface area contributed by atoms with E-state index in [1.807, 2.05) is 18.9 Å².